The van der Waals surface area contributed by atoms with E-state index in [9.17, 15) is 5.26 Å². The van der Waals surface area contributed by atoms with E-state index in [-0.39, 0.29) is 0 Å². The first-order chi connectivity index (χ1) is 13.1. The van der Waals surface area contributed by atoms with Crippen LogP contribution in [0.2, 0.25) is 0 Å². The van der Waals surface area contributed by atoms with Gasteiger partial charge in [0.05, 0.1) is 11.3 Å². The Labute approximate surface area is 160 Å². The van der Waals surface area contributed by atoms with Crippen molar-refractivity contribution in [1.82, 2.24) is 15.3 Å². The molecule has 0 aliphatic rings. The van der Waals surface area contributed by atoms with Crippen LogP contribution < -0.4 is 10.6 Å². The minimum Gasteiger partial charge on any atom is -0.361 e. The Morgan fingerprint density at radius 1 is 1.26 bits per heavy atom. The van der Waals surface area contributed by atoms with E-state index in [0.717, 1.165) is 41.0 Å². The lowest BCUT2D eigenvalue weighted by atomic mass is 10.1. The molecule has 5 heteroatoms. The molecule has 0 fully saturated rings. The Bertz CT molecular complexity index is 992. The van der Waals surface area contributed by atoms with Crippen LogP contribution in [0.25, 0.3) is 17.0 Å². The zero-order valence-corrected chi connectivity index (χ0v) is 16.0. The molecule has 2 heterocycles. The highest BCUT2D eigenvalue weighted by Gasteiger charge is 2.11. The fraction of sp³-hybridized carbons (Fsp3) is 0.273. The molecule has 138 valence electrons. The summed E-state index contributed by atoms with van der Waals surface area (Å²) in [5, 5.41) is 17.6. The number of nitrogens with one attached hydrogen (secondary N) is 3. The van der Waals surface area contributed by atoms with Crippen LogP contribution in [0.4, 0.5) is 11.4 Å². The van der Waals surface area contributed by atoms with Crippen LogP contribution in [-0.4, -0.2) is 22.6 Å². The predicted octanol–water partition coefficient (Wildman–Crippen LogP) is 4.89. The highest BCUT2D eigenvalue weighted by atomic mass is 14.9. The summed E-state index contributed by atoms with van der Waals surface area (Å²) in [6.45, 7) is 7.27. The first-order valence-electron chi connectivity index (χ1n) is 9.22. The number of pyridine rings is 1. The molecule has 3 rings (SSSR count). The molecule has 0 aliphatic carbocycles. The fourth-order valence-corrected chi connectivity index (χ4v) is 3.05. The van der Waals surface area contributed by atoms with Crippen molar-refractivity contribution in [2.75, 3.05) is 11.9 Å². The Balaban J connectivity index is 1.88. The highest BCUT2D eigenvalue weighted by molar-refractivity contribution is 5.89. The van der Waals surface area contributed by atoms with Crippen molar-refractivity contribution in [2.24, 2.45) is 0 Å². The van der Waals surface area contributed by atoms with Crippen molar-refractivity contribution in [3.8, 4) is 6.07 Å². The summed E-state index contributed by atoms with van der Waals surface area (Å²) in [5.74, 6) is 0. The van der Waals surface area contributed by atoms with Crippen LogP contribution in [0.1, 0.15) is 37.0 Å². The van der Waals surface area contributed by atoms with E-state index in [1.807, 2.05) is 24.4 Å². The summed E-state index contributed by atoms with van der Waals surface area (Å²) < 4.78 is 0. The predicted molar refractivity (Wildman–Crippen MR) is 112 cm³/mol. The van der Waals surface area contributed by atoms with Gasteiger partial charge in [-0.2, -0.15) is 5.26 Å². The van der Waals surface area contributed by atoms with Gasteiger partial charge in [-0.05, 0) is 43.7 Å². The standard InChI is InChI=1S/C22H25N5/c1-15(2)25-10-5-4-6-17-13-24-14-18(12-23)22(17)27-20-7-8-21-19(16(20)3)9-11-26-21/h4,6-9,11,13-15,25-26H,5,10H2,1-3H3,(H,24,27)/b6-4+. The molecule has 0 amide bonds. The molecule has 2 aromatic heterocycles. The molecule has 0 aliphatic heterocycles. The largest absolute Gasteiger partial charge is 0.361 e. The summed E-state index contributed by atoms with van der Waals surface area (Å²) in [5.41, 5.74) is 5.47. The molecule has 5 nitrogen and oxygen atoms in total. The molecular weight excluding hydrogens is 334 g/mol. The van der Waals surface area contributed by atoms with Gasteiger partial charge in [-0.1, -0.05) is 26.0 Å². The van der Waals surface area contributed by atoms with Crippen molar-refractivity contribution in [1.29, 1.82) is 5.26 Å². The number of benzene rings is 1. The normalized spacial score (nSPS) is 11.4. The monoisotopic (exact) mass is 359 g/mol. The van der Waals surface area contributed by atoms with Gasteiger partial charge in [0.25, 0.3) is 0 Å². The molecule has 0 radical (unpaired) electrons. The highest BCUT2D eigenvalue weighted by Crippen LogP contribution is 2.30. The number of H-pyrrole nitrogens is 1. The average Bonchev–Trinajstić information content (AvgIpc) is 3.14. The zero-order valence-electron chi connectivity index (χ0n) is 16.0. The van der Waals surface area contributed by atoms with Crippen molar-refractivity contribution in [3.05, 3.63) is 59.6 Å². The van der Waals surface area contributed by atoms with Gasteiger partial charge in [0.2, 0.25) is 0 Å². The number of rotatable bonds is 7. The number of aryl methyl sites for hydroxylation is 1. The third-order valence-electron chi connectivity index (χ3n) is 4.52. The van der Waals surface area contributed by atoms with Crippen LogP contribution >= 0.6 is 0 Å². The van der Waals surface area contributed by atoms with E-state index < -0.39 is 0 Å². The Kier molecular flexibility index (Phi) is 5.90. The smallest absolute Gasteiger partial charge is 0.103 e. The van der Waals surface area contributed by atoms with Gasteiger partial charge in [0.15, 0.2) is 0 Å². The van der Waals surface area contributed by atoms with Gasteiger partial charge in [-0.25, -0.2) is 0 Å². The summed E-state index contributed by atoms with van der Waals surface area (Å²) >= 11 is 0. The minimum atomic E-state index is 0.477. The van der Waals surface area contributed by atoms with Crippen molar-refractivity contribution < 1.29 is 0 Å². The maximum atomic E-state index is 9.53. The van der Waals surface area contributed by atoms with Crippen LogP contribution in [0.3, 0.4) is 0 Å². The Morgan fingerprint density at radius 2 is 2.11 bits per heavy atom. The maximum absolute atomic E-state index is 9.53. The lowest BCUT2D eigenvalue weighted by Gasteiger charge is -2.14. The van der Waals surface area contributed by atoms with Gasteiger partial charge in [0.1, 0.15) is 6.07 Å². The Morgan fingerprint density at radius 3 is 2.89 bits per heavy atom. The van der Waals surface area contributed by atoms with Gasteiger partial charge in [0, 0.05) is 46.8 Å². The van der Waals surface area contributed by atoms with E-state index in [1.165, 1.54) is 5.39 Å². The van der Waals surface area contributed by atoms with E-state index in [0.29, 0.717) is 11.6 Å². The number of anilines is 2. The fourth-order valence-electron chi connectivity index (χ4n) is 3.05. The van der Waals surface area contributed by atoms with E-state index in [1.54, 1.807) is 12.4 Å². The van der Waals surface area contributed by atoms with Crippen molar-refractivity contribution in [3.63, 3.8) is 0 Å². The SMILES string of the molecule is Cc1c(Nc2c(C#N)cncc2/C=C/CCNC(C)C)ccc2[nH]ccc12. The van der Waals surface area contributed by atoms with Crippen molar-refractivity contribution >= 4 is 28.4 Å². The number of nitriles is 1. The van der Waals surface area contributed by atoms with Gasteiger partial charge in [-0.15, -0.1) is 0 Å². The minimum absolute atomic E-state index is 0.477. The number of hydrogen-bond acceptors (Lipinski definition) is 4. The summed E-state index contributed by atoms with van der Waals surface area (Å²) in [6.07, 6.45) is 10.4. The molecule has 0 spiro atoms. The number of aromatic amines is 1. The van der Waals surface area contributed by atoms with Crippen LogP contribution in [0, 0.1) is 18.3 Å². The first-order valence-corrected chi connectivity index (χ1v) is 9.22. The molecule has 3 N–H and O–H groups in total. The summed E-state index contributed by atoms with van der Waals surface area (Å²) in [4.78, 5) is 7.44. The quantitative estimate of drug-likeness (QED) is 0.525. The summed E-state index contributed by atoms with van der Waals surface area (Å²) in [7, 11) is 0. The number of fused-ring (bicyclic) bond motifs is 1. The third kappa shape index (κ3) is 4.36. The van der Waals surface area contributed by atoms with Crippen LogP contribution in [0.15, 0.2) is 42.9 Å². The number of hydrogen-bond donors (Lipinski definition) is 3. The number of aromatic nitrogens is 2. The lowest BCUT2D eigenvalue weighted by Crippen LogP contribution is -2.23. The van der Waals surface area contributed by atoms with Crippen LogP contribution in [-0.2, 0) is 0 Å². The molecule has 0 bridgehead atoms. The third-order valence-corrected chi connectivity index (χ3v) is 4.52. The second kappa shape index (κ2) is 8.52. The Hall–Kier alpha value is -3.10. The van der Waals surface area contributed by atoms with E-state index >= 15 is 0 Å². The second-order valence-corrected chi connectivity index (χ2v) is 6.86. The topological polar surface area (TPSA) is 76.5 Å². The van der Waals surface area contributed by atoms with Gasteiger partial charge < -0.3 is 15.6 Å². The molecular formula is C22H25N5. The molecule has 0 saturated carbocycles. The van der Waals surface area contributed by atoms with Gasteiger partial charge in [-0.3, -0.25) is 4.98 Å². The maximum Gasteiger partial charge on any atom is 0.103 e. The lowest BCUT2D eigenvalue weighted by molar-refractivity contribution is 0.595. The molecule has 1 aromatic carbocycles. The molecule has 0 atom stereocenters. The van der Waals surface area contributed by atoms with E-state index in [4.69, 9.17) is 0 Å². The summed E-state index contributed by atoms with van der Waals surface area (Å²) in [6, 6.07) is 8.87. The van der Waals surface area contributed by atoms with Gasteiger partial charge >= 0.3 is 0 Å². The average molecular weight is 359 g/mol. The zero-order chi connectivity index (χ0) is 19.2. The van der Waals surface area contributed by atoms with Crippen LogP contribution in [0.5, 0.6) is 0 Å². The molecule has 27 heavy (non-hydrogen) atoms. The second-order valence-electron chi connectivity index (χ2n) is 6.86. The number of nitrogens with zero attached hydrogens (tertiary/aromatic N) is 2. The molecule has 3 aromatic rings. The van der Waals surface area contributed by atoms with E-state index in [2.05, 4.69) is 59.6 Å². The molecule has 0 unspecified atom stereocenters. The molecule has 0 saturated heterocycles. The first kappa shape index (κ1) is 18.7. The van der Waals surface area contributed by atoms with Crippen molar-refractivity contribution in [2.45, 2.75) is 33.2 Å².